The van der Waals surface area contributed by atoms with Gasteiger partial charge in [0.05, 0.1) is 6.54 Å². The maximum absolute atomic E-state index is 13.2. The summed E-state index contributed by atoms with van der Waals surface area (Å²) in [5.41, 5.74) is -6.45. The van der Waals surface area contributed by atoms with Crippen LogP contribution in [0, 0.1) is 0 Å². The number of amides is 2. The zero-order valence-corrected chi connectivity index (χ0v) is 22.7. The summed E-state index contributed by atoms with van der Waals surface area (Å²) in [5.74, 6) is -0.767. The third-order valence-corrected chi connectivity index (χ3v) is 5.81. The summed E-state index contributed by atoms with van der Waals surface area (Å²) >= 11 is 3.32. The number of hydrogen-bond donors (Lipinski definition) is 2. The molecule has 0 aromatic heterocycles. The fourth-order valence-corrected chi connectivity index (χ4v) is 4.10. The molecule has 0 radical (unpaired) electrons. The minimum Gasteiger partial charge on any atom is -0.444 e. The molecule has 2 aromatic carbocycles. The molecule has 13 heteroatoms. The number of fused-ring (bicyclic) bond motifs is 1. The Bertz CT molecular complexity index is 1150. The van der Waals surface area contributed by atoms with E-state index in [-0.39, 0.29) is 12.2 Å². The van der Waals surface area contributed by atoms with Crippen LogP contribution in [0.1, 0.15) is 57.4 Å². The number of nitrogens with one attached hydrogen (secondary N) is 1. The molecule has 1 atom stereocenters. The maximum Gasteiger partial charge on any atom is 0.430 e. The quantitative estimate of drug-likeness (QED) is 0.359. The second-order valence-corrected chi connectivity index (χ2v) is 10.0. The van der Waals surface area contributed by atoms with Gasteiger partial charge in [-0.05, 0) is 56.2 Å². The first-order chi connectivity index (χ1) is 17.3. The number of hydrogen-bond acceptors (Lipinski definition) is 4. The van der Waals surface area contributed by atoms with E-state index in [1.807, 2.05) is 13.8 Å². The van der Waals surface area contributed by atoms with Crippen LogP contribution in [0.4, 0.5) is 36.8 Å². The number of benzene rings is 2. The predicted molar refractivity (Wildman–Crippen MR) is 131 cm³/mol. The van der Waals surface area contributed by atoms with Crippen LogP contribution in [0.15, 0.2) is 46.9 Å². The maximum atomic E-state index is 13.2. The van der Waals surface area contributed by atoms with Crippen molar-refractivity contribution in [3.05, 3.63) is 63.6 Å². The van der Waals surface area contributed by atoms with Crippen LogP contribution >= 0.6 is 15.9 Å². The highest BCUT2D eigenvalue weighted by molar-refractivity contribution is 9.10. The zero-order chi connectivity index (χ0) is 29.3. The van der Waals surface area contributed by atoms with Gasteiger partial charge in [-0.1, -0.05) is 48.0 Å². The van der Waals surface area contributed by atoms with Gasteiger partial charge in [-0.15, -0.1) is 0 Å². The first kappa shape index (κ1) is 31.4. The third-order valence-electron chi connectivity index (χ3n) is 5.32. The van der Waals surface area contributed by atoms with Gasteiger partial charge < -0.3 is 15.2 Å². The lowest BCUT2D eigenvalue weighted by molar-refractivity contribution is -0.376. The molecule has 0 fully saturated rings. The van der Waals surface area contributed by atoms with Crippen molar-refractivity contribution in [2.45, 2.75) is 70.8 Å². The number of rotatable bonds is 3. The fraction of sp³-hybridized carbons (Fsp3) is 0.440. The Hall–Kier alpha value is -2.80. The van der Waals surface area contributed by atoms with Crippen molar-refractivity contribution in [3.8, 4) is 0 Å². The van der Waals surface area contributed by atoms with Crippen molar-refractivity contribution in [1.29, 1.82) is 0 Å². The summed E-state index contributed by atoms with van der Waals surface area (Å²) in [6, 6.07) is 6.24. The molecule has 0 aliphatic carbocycles. The number of ether oxygens (including phenoxy) is 1. The van der Waals surface area contributed by atoms with Crippen LogP contribution in [0.25, 0.3) is 0 Å². The molecule has 2 N–H and O–H groups in total. The van der Waals surface area contributed by atoms with Crippen LogP contribution in [0.3, 0.4) is 0 Å². The summed E-state index contributed by atoms with van der Waals surface area (Å²) in [6.07, 6.45) is -12.9. The van der Waals surface area contributed by atoms with Crippen LogP contribution < -0.4 is 5.32 Å². The Morgan fingerprint density at radius 3 is 1.97 bits per heavy atom. The highest BCUT2D eigenvalue weighted by Crippen LogP contribution is 2.50. The molecule has 1 heterocycles. The van der Waals surface area contributed by atoms with Gasteiger partial charge in [0.2, 0.25) is 0 Å². The van der Waals surface area contributed by atoms with E-state index >= 15 is 0 Å². The molecule has 0 saturated carbocycles. The highest BCUT2D eigenvalue weighted by Gasteiger charge is 2.71. The number of carbonyl (C=O) groups excluding carboxylic acids is 2. The zero-order valence-electron chi connectivity index (χ0n) is 21.1. The number of halogens is 7. The first-order valence-corrected chi connectivity index (χ1v) is 12.2. The van der Waals surface area contributed by atoms with Gasteiger partial charge in [-0.25, -0.2) is 4.79 Å². The molecular weight excluding hydrogens is 586 g/mol. The van der Waals surface area contributed by atoms with Crippen LogP contribution in [0.2, 0.25) is 0 Å². The van der Waals surface area contributed by atoms with Crippen molar-refractivity contribution in [2.24, 2.45) is 0 Å². The molecule has 6 nitrogen and oxygen atoms in total. The first-order valence-electron chi connectivity index (χ1n) is 11.4. The highest BCUT2D eigenvalue weighted by atomic mass is 79.9. The summed E-state index contributed by atoms with van der Waals surface area (Å²) in [6.45, 7) is 8.96. The molecule has 1 aliphatic rings. The number of carbonyl (C=O) groups is 2. The Kier molecular flexibility index (Phi) is 9.20. The van der Waals surface area contributed by atoms with Gasteiger partial charge in [0.1, 0.15) is 11.6 Å². The molecular formula is C25H27BrF6N2O4. The van der Waals surface area contributed by atoms with E-state index in [1.54, 1.807) is 39.0 Å². The van der Waals surface area contributed by atoms with Gasteiger partial charge in [-0.3, -0.25) is 9.69 Å². The van der Waals surface area contributed by atoms with E-state index in [9.17, 15) is 41.0 Å². The molecule has 38 heavy (non-hydrogen) atoms. The molecule has 0 saturated heterocycles. The second-order valence-electron chi connectivity index (χ2n) is 9.13. The summed E-state index contributed by atoms with van der Waals surface area (Å²) in [7, 11) is 0. The van der Waals surface area contributed by atoms with E-state index in [0.29, 0.717) is 27.7 Å². The Morgan fingerprint density at radius 2 is 1.50 bits per heavy atom. The molecule has 0 bridgehead atoms. The Morgan fingerprint density at radius 1 is 0.974 bits per heavy atom. The Labute approximate surface area is 224 Å². The van der Waals surface area contributed by atoms with E-state index in [0.717, 1.165) is 17.0 Å². The van der Waals surface area contributed by atoms with Crippen molar-refractivity contribution >= 4 is 33.6 Å². The molecule has 1 unspecified atom stereocenters. The normalized spacial score (nSPS) is 15.8. The van der Waals surface area contributed by atoms with Crippen LogP contribution in [0.5, 0.6) is 0 Å². The lowest BCUT2D eigenvalue weighted by Gasteiger charge is -2.32. The monoisotopic (exact) mass is 612 g/mol. The molecule has 210 valence electrons. The lowest BCUT2D eigenvalue weighted by Crippen LogP contribution is -2.53. The van der Waals surface area contributed by atoms with Crippen LogP contribution in [-0.2, 0) is 21.7 Å². The topological polar surface area (TPSA) is 78.9 Å². The summed E-state index contributed by atoms with van der Waals surface area (Å²) in [4.78, 5) is 27.1. The van der Waals surface area contributed by atoms with E-state index in [4.69, 9.17) is 4.74 Å². The van der Waals surface area contributed by atoms with Crippen molar-refractivity contribution in [3.63, 3.8) is 0 Å². The van der Waals surface area contributed by atoms with E-state index in [1.165, 1.54) is 0 Å². The van der Waals surface area contributed by atoms with Crippen LogP contribution in [-0.4, -0.2) is 40.0 Å². The fourth-order valence-electron chi connectivity index (χ4n) is 3.69. The minimum absolute atomic E-state index is 0.0326. The molecule has 2 aromatic rings. The standard InChI is InChI=1S/C23H21BrF6N2O4.C2H6/c1-20(2,3)36-19(34)32-11-12-10-14(24)6-9-16(12)17(32)18(33)31-15-7-4-13(5-8-15)21(35,22(25,26)27)23(28,29)30;1-2/h4-10,17,35H,11H2,1-3H3,(H,31,33);1-2H3. The number of aliphatic hydroxyl groups is 1. The predicted octanol–water partition coefficient (Wildman–Crippen LogP) is 7.22. The smallest absolute Gasteiger partial charge is 0.430 e. The number of nitrogens with zero attached hydrogens (tertiary/aromatic N) is 1. The number of alkyl halides is 6. The van der Waals surface area contributed by atoms with E-state index in [2.05, 4.69) is 21.2 Å². The van der Waals surface area contributed by atoms with Gasteiger partial charge in [0.25, 0.3) is 11.5 Å². The third kappa shape index (κ3) is 6.42. The molecule has 2 amide bonds. The summed E-state index contributed by atoms with van der Waals surface area (Å²) in [5, 5.41) is 11.9. The average Bonchev–Trinajstić information content (AvgIpc) is 3.16. The van der Waals surface area contributed by atoms with Gasteiger partial charge in [-0.2, -0.15) is 26.3 Å². The number of anilines is 1. The minimum atomic E-state index is -6.04. The second kappa shape index (κ2) is 11.1. The Balaban J connectivity index is 0.00000247. The van der Waals surface area contributed by atoms with Gasteiger partial charge >= 0.3 is 18.4 Å². The van der Waals surface area contributed by atoms with Gasteiger partial charge in [0.15, 0.2) is 0 Å². The van der Waals surface area contributed by atoms with E-state index < -0.39 is 47.2 Å². The molecule has 3 rings (SSSR count). The lowest BCUT2D eigenvalue weighted by atomic mass is 9.92. The van der Waals surface area contributed by atoms with Gasteiger partial charge in [0, 0.05) is 15.7 Å². The average molecular weight is 613 g/mol. The largest absolute Gasteiger partial charge is 0.444 e. The molecule has 0 spiro atoms. The van der Waals surface area contributed by atoms with Crippen molar-refractivity contribution < 1.29 is 45.8 Å². The summed E-state index contributed by atoms with van der Waals surface area (Å²) < 4.78 is 84.8. The van der Waals surface area contributed by atoms with Crippen molar-refractivity contribution in [2.75, 3.05) is 5.32 Å². The SMILES string of the molecule is CC.CC(C)(C)OC(=O)N1Cc2cc(Br)ccc2C1C(=O)Nc1ccc(C(O)(C(F)(F)F)C(F)(F)F)cc1. The van der Waals surface area contributed by atoms with Crippen molar-refractivity contribution in [1.82, 2.24) is 4.90 Å². The molecule has 1 aliphatic heterocycles.